The Morgan fingerprint density at radius 1 is 1.45 bits per heavy atom. The van der Waals surface area contributed by atoms with E-state index in [1.165, 1.54) is 6.42 Å². The molecular formula is C16H23N3O3. The zero-order valence-electron chi connectivity index (χ0n) is 13.2. The zero-order valence-corrected chi connectivity index (χ0v) is 13.2. The largest absolute Gasteiger partial charge is 0.360 e. The van der Waals surface area contributed by atoms with Gasteiger partial charge < -0.3 is 14.7 Å². The van der Waals surface area contributed by atoms with Crippen molar-refractivity contribution in [3.8, 4) is 0 Å². The van der Waals surface area contributed by atoms with E-state index in [-0.39, 0.29) is 17.9 Å². The Balaban J connectivity index is 1.71. The number of rotatable bonds is 4. The first-order valence-electron chi connectivity index (χ1n) is 8.12. The summed E-state index contributed by atoms with van der Waals surface area (Å²) in [6, 6.07) is 1.94. The molecule has 0 spiro atoms. The van der Waals surface area contributed by atoms with Crippen LogP contribution in [0.2, 0.25) is 0 Å². The number of piperidine rings is 1. The number of likely N-dealkylation sites (tertiary alicyclic amines) is 1. The zero-order chi connectivity index (χ0) is 15.7. The van der Waals surface area contributed by atoms with Crippen LogP contribution in [0, 0.1) is 12.3 Å². The number of nitrogens with one attached hydrogen (secondary N) is 1. The summed E-state index contributed by atoms with van der Waals surface area (Å²) in [7, 11) is 0. The van der Waals surface area contributed by atoms with E-state index in [2.05, 4.69) is 17.4 Å². The molecule has 6 nitrogen and oxygen atoms in total. The molecule has 1 saturated heterocycles. The molecule has 1 saturated carbocycles. The summed E-state index contributed by atoms with van der Waals surface area (Å²) in [5.74, 6) is 0.767. The smallest absolute Gasteiger partial charge is 0.241 e. The van der Waals surface area contributed by atoms with Gasteiger partial charge in [0.1, 0.15) is 11.2 Å². The van der Waals surface area contributed by atoms with E-state index in [9.17, 15) is 9.59 Å². The van der Waals surface area contributed by atoms with Gasteiger partial charge in [-0.15, -0.1) is 0 Å². The van der Waals surface area contributed by atoms with Crippen molar-refractivity contribution in [3.05, 3.63) is 11.8 Å². The molecule has 1 aromatic heterocycles. The third kappa shape index (κ3) is 2.62. The number of amides is 2. The Kier molecular flexibility index (Phi) is 3.93. The molecule has 2 fully saturated rings. The van der Waals surface area contributed by atoms with Crippen LogP contribution in [0.1, 0.15) is 51.2 Å². The van der Waals surface area contributed by atoms with E-state index in [1.54, 1.807) is 13.0 Å². The number of aryl methyl sites for hydroxylation is 1. The van der Waals surface area contributed by atoms with Crippen LogP contribution in [-0.2, 0) is 9.59 Å². The average Bonchev–Trinajstić information content (AvgIpc) is 3.25. The summed E-state index contributed by atoms with van der Waals surface area (Å²) >= 11 is 0. The molecule has 1 atom stereocenters. The molecular weight excluding hydrogens is 282 g/mol. The molecule has 2 amide bonds. The lowest BCUT2D eigenvalue weighted by Gasteiger charge is -2.37. The van der Waals surface area contributed by atoms with Gasteiger partial charge in [-0.05, 0) is 45.4 Å². The van der Waals surface area contributed by atoms with Gasteiger partial charge in [-0.2, -0.15) is 0 Å². The van der Waals surface area contributed by atoms with Crippen LogP contribution in [0.3, 0.4) is 0 Å². The van der Waals surface area contributed by atoms with Crippen molar-refractivity contribution in [3.63, 3.8) is 0 Å². The van der Waals surface area contributed by atoms with E-state index in [1.807, 2.05) is 4.90 Å². The number of nitrogens with zero attached hydrogens (tertiary/aromatic N) is 2. The highest BCUT2D eigenvalue weighted by Crippen LogP contribution is 2.49. The van der Waals surface area contributed by atoms with Gasteiger partial charge >= 0.3 is 0 Å². The molecule has 1 aliphatic heterocycles. The van der Waals surface area contributed by atoms with Gasteiger partial charge in [0, 0.05) is 18.7 Å². The van der Waals surface area contributed by atoms with Crippen molar-refractivity contribution < 1.29 is 14.1 Å². The molecule has 120 valence electrons. The second-order valence-corrected chi connectivity index (χ2v) is 6.42. The maximum atomic E-state index is 12.9. The molecule has 1 unspecified atom stereocenters. The second kappa shape index (κ2) is 5.74. The topological polar surface area (TPSA) is 75.4 Å². The van der Waals surface area contributed by atoms with Crippen molar-refractivity contribution >= 4 is 17.6 Å². The van der Waals surface area contributed by atoms with Crippen LogP contribution in [0.15, 0.2) is 10.6 Å². The first-order chi connectivity index (χ1) is 10.6. The van der Waals surface area contributed by atoms with Gasteiger partial charge in [-0.3, -0.25) is 9.59 Å². The monoisotopic (exact) mass is 305 g/mol. The van der Waals surface area contributed by atoms with Crippen molar-refractivity contribution in [2.24, 2.45) is 5.41 Å². The molecule has 1 N–H and O–H groups in total. The van der Waals surface area contributed by atoms with Gasteiger partial charge in [0.25, 0.3) is 0 Å². The Labute approximate surface area is 130 Å². The predicted octanol–water partition coefficient (Wildman–Crippen LogP) is 2.49. The summed E-state index contributed by atoms with van der Waals surface area (Å²) in [5, 5.41) is 6.50. The number of aromatic nitrogens is 1. The van der Waals surface area contributed by atoms with Crippen LogP contribution in [0.4, 0.5) is 5.82 Å². The first-order valence-corrected chi connectivity index (χ1v) is 8.12. The molecule has 1 aliphatic carbocycles. The van der Waals surface area contributed by atoms with E-state index < -0.39 is 5.41 Å². The summed E-state index contributed by atoms with van der Waals surface area (Å²) in [6.07, 6.45) is 5.44. The minimum Gasteiger partial charge on any atom is -0.360 e. The van der Waals surface area contributed by atoms with E-state index in [0.717, 1.165) is 25.8 Å². The lowest BCUT2D eigenvalue weighted by atomic mass is 9.95. The fraction of sp³-hybridized carbons (Fsp3) is 0.688. The summed E-state index contributed by atoms with van der Waals surface area (Å²) in [5.41, 5.74) is -0.877. The Hall–Kier alpha value is -1.85. The van der Waals surface area contributed by atoms with Crippen molar-refractivity contribution in [1.29, 1.82) is 0 Å². The number of hydrogen-bond acceptors (Lipinski definition) is 4. The number of carbonyl (C=O) groups excluding carboxylic acids is 2. The minimum atomic E-state index is -0.877. The van der Waals surface area contributed by atoms with Crippen molar-refractivity contribution in [1.82, 2.24) is 10.1 Å². The first kappa shape index (κ1) is 15.1. The summed E-state index contributed by atoms with van der Waals surface area (Å²) < 4.78 is 4.95. The third-order valence-electron chi connectivity index (χ3n) is 4.82. The van der Waals surface area contributed by atoms with Crippen LogP contribution in [-0.4, -0.2) is 34.5 Å². The molecule has 22 heavy (non-hydrogen) atoms. The minimum absolute atomic E-state index is 0.00299. The number of carbonyl (C=O) groups is 2. The lowest BCUT2D eigenvalue weighted by molar-refractivity contribution is -0.145. The highest BCUT2D eigenvalue weighted by atomic mass is 16.5. The van der Waals surface area contributed by atoms with E-state index in [0.29, 0.717) is 24.4 Å². The van der Waals surface area contributed by atoms with Crippen molar-refractivity contribution in [2.45, 2.75) is 58.4 Å². The average molecular weight is 305 g/mol. The summed E-state index contributed by atoms with van der Waals surface area (Å²) in [6.45, 7) is 4.64. The van der Waals surface area contributed by atoms with Gasteiger partial charge in [0.05, 0.1) is 0 Å². The normalized spacial score (nSPS) is 23.2. The Bertz CT molecular complexity index is 577. The second-order valence-electron chi connectivity index (χ2n) is 6.42. The van der Waals surface area contributed by atoms with Gasteiger partial charge in [-0.25, -0.2) is 0 Å². The van der Waals surface area contributed by atoms with Crippen LogP contribution < -0.4 is 5.32 Å². The highest BCUT2D eigenvalue weighted by Gasteiger charge is 2.58. The molecule has 0 radical (unpaired) electrons. The quantitative estimate of drug-likeness (QED) is 0.867. The molecule has 2 heterocycles. The molecule has 3 rings (SSSR count). The maximum absolute atomic E-state index is 12.9. The number of anilines is 1. The van der Waals surface area contributed by atoms with Crippen LogP contribution in [0.5, 0.6) is 0 Å². The highest BCUT2D eigenvalue weighted by molar-refractivity contribution is 6.12. The third-order valence-corrected chi connectivity index (χ3v) is 4.82. The van der Waals surface area contributed by atoms with Crippen molar-refractivity contribution in [2.75, 3.05) is 11.9 Å². The van der Waals surface area contributed by atoms with E-state index >= 15 is 0 Å². The Morgan fingerprint density at radius 3 is 2.82 bits per heavy atom. The lowest BCUT2D eigenvalue weighted by Crippen LogP contribution is -2.49. The van der Waals surface area contributed by atoms with Crippen LogP contribution in [0.25, 0.3) is 0 Å². The van der Waals surface area contributed by atoms with E-state index in [4.69, 9.17) is 4.52 Å². The fourth-order valence-electron chi connectivity index (χ4n) is 3.29. The summed E-state index contributed by atoms with van der Waals surface area (Å²) in [4.78, 5) is 27.4. The predicted molar refractivity (Wildman–Crippen MR) is 81.2 cm³/mol. The SMILES string of the molecule is CCC1CCCCN1C(=O)C1(C(=O)Nc2cc(C)on2)CC1. The van der Waals surface area contributed by atoms with Gasteiger partial charge in [0.15, 0.2) is 5.82 Å². The maximum Gasteiger partial charge on any atom is 0.241 e. The standard InChI is InChI=1S/C16H23N3O3/c1-3-12-6-4-5-9-19(12)15(21)16(7-8-16)14(20)17-13-10-11(2)22-18-13/h10,12H,3-9H2,1-2H3,(H,17,18,20). The van der Waals surface area contributed by atoms with Crippen LogP contribution >= 0.6 is 0 Å². The molecule has 2 aliphatic rings. The molecule has 1 aromatic rings. The Morgan fingerprint density at radius 2 is 2.23 bits per heavy atom. The number of hydrogen-bond donors (Lipinski definition) is 1. The van der Waals surface area contributed by atoms with Gasteiger partial charge in [-0.1, -0.05) is 12.1 Å². The fourth-order valence-corrected chi connectivity index (χ4v) is 3.29. The molecule has 0 bridgehead atoms. The van der Waals surface area contributed by atoms with Gasteiger partial charge in [0.2, 0.25) is 11.8 Å². The molecule has 6 heteroatoms. The molecule has 0 aromatic carbocycles.